The van der Waals surface area contributed by atoms with Crippen molar-refractivity contribution in [2.24, 2.45) is 11.8 Å². The Morgan fingerprint density at radius 2 is 1.80 bits per heavy atom. The lowest BCUT2D eigenvalue weighted by molar-refractivity contribution is -0.122. The van der Waals surface area contributed by atoms with Crippen molar-refractivity contribution in [2.45, 2.75) is 71.0 Å². The number of carbonyl (C=O) groups excluding carboxylic acids is 1. The first-order chi connectivity index (χ1) is 12.0. The second-order valence-corrected chi connectivity index (χ2v) is 8.24. The third-order valence-electron chi connectivity index (χ3n) is 5.39. The molecule has 1 aromatic rings. The highest BCUT2D eigenvalue weighted by molar-refractivity contribution is 5.76. The molecular formula is C21H32N2O2. The number of carbonyl (C=O) groups is 1. The van der Waals surface area contributed by atoms with Gasteiger partial charge in [0.15, 0.2) is 0 Å². The van der Waals surface area contributed by atoms with Gasteiger partial charge >= 0.3 is 0 Å². The molecule has 2 saturated heterocycles. The van der Waals surface area contributed by atoms with Crippen molar-refractivity contribution in [3.63, 3.8) is 0 Å². The summed E-state index contributed by atoms with van der Waals surface area (Å²) in [5.41, 5.74) is 1.12. The van der Waals surface area contributed by atoms with Gasteiger partial charge in [-0.15, -0.1) is 0 Å². The Morgan fingerprint density at radius 3 is 2.40 bits per heavy atom. The molecule has 138 valence electrons. The van der Waals surface area contributed by atoms with Crippen LogP contribution in [0.5, 0.6) is 5.75 Å². The molecule has 0 spiro atoms. The first-order valence-corrected chi connectivity index (χ1v) is 9.77. The fourth-order valence-electron chi connectivity index (χ4n) is 4.10. The molecule has 0 radical (unpaired) electrons. The lowest BCUT2D eigenvalue weighted by Gasteiger charge is -2.29. The van der Waals surface area contributed by atoms with Crippen molar-refractivity contribution in [3.8, 4) is 5.75 Å². The molecule has 3 rings (SSSR count). The van der Waals surface area contributed by atoms with E-state index in [1.54, 1.807) is 0 Å². The summed E-state index contributed by atoms with van der Waals surface area (Å²) < 4.78 is 5.72. The largest absolute Gasteiger partial charge is 0.493 e. The fourth-order valence-corrected chi connectivity index (χ4v) is 4.10. The van der Waals surface area contributed by atoms with E-state index in [0.29, 0.717) is 30.3 Å². The number of amides is 1. The lowest BCUT2D eigenvalue weighted by Crippen LogP contribution is -2.40. The number of benzene rings is 1. The normalized spacial score (nSPS) is 26.5. The van der Waals surface area contributed by atoms with Crippen molar-refractivity contribution in [1.29, 1.82) is 0 Å². The van der Waals surface area contributed by atoms with Gasteiger partial charge in [-0.25, -0.2) is 0 Å². The van der Waals surface area contributed by atoms with Gasteiger partial charge in [-0.3, -0.25) is 4.79 Å². The monoisotopic (exact) mass is 344 g/mol. The minimum absolute atomic E-state index is 0.0325. The van der Waals surface area contributed by atoms with E-state index in [1.807, 2.05) is 31.2 Å². The van der Waals surface area contributed by atoms with Crippen LogP contribution in [0, 0.1) is 11.8 Å². The fraction of sp³-hybridized carbons (Fsp3) is 0.667. The molecule has 1 aromatic carbocycles. The second kappa shape index (κ2) is 8.22. The summed E-state index contributed by atoms with van der Waals surface area (Å²) >= 11 is 0. The van der Waals surface area contributed by atoms with E-state index in [1.165, 1.54) is 12.8 Å². The Morgan fingerprint density at radius 1 is 1.16 bits per heavy atom. The van der Waals surface area contributed by atoms with E-state index in [9.17, 15) is 4.79 Å². The van der Waals surface area contributed by atoms with Crippen LogP contribution >= 0.6 is 0 Å². The predicted molar refractivity (Wildman–Crippen MR) is 101 cm³/mol. The van der Waals surface area contributed by atoms with Crippen LogP contribution in [0.2, 0.25) is 0 Å². The Bertz CT molecular complexity index is 558. The van der Waals surface area contributed by atoms with E-state index < -0.39 is 0 Å². The van der Waals surface area contributed by atoms with Gasteiger partial charge in [-0.1, -0.05) is 26.0 Å². The van der Waals surface area contributed by atoms with Gasteiger partial charge in [0.05, 0.1) is 12.6 Å². The molecule has 0 aromatic heterocycles. The average Bonchev–Trinajstić information content (AvgIpc) is 2.91. The molecule has 2 fully saturated rings. The molecule has 25 heavy (non-hydrogen) atoms. The summed E-state index contributed by atoms with van der Waals surface area (Å²) in [6.45, 7) is 7.05. The van der Waals surface area contributed by atoms with Crippen molar-refractivity contribution < 1.29 is 9.53 Å². The number of hydrogen-bond donors (Lipinski definition) is 2. The molecule has 2 bridgehead atoms. The molecule has 2 aliphatic rings. The number of fused-ring (bicyclic) bond motifs is 2. The van der Waals surface area contributed by atoms with Crippen molar-refractivity contribution in [1.82, 2.24) is 10.6 Å². The highest BCUT2D eigenvalue weighted by Gasteiger charge is 2.34. The molecule has 2 heterocycles. The summed E-state index contributed by atoms with van der Waals surface area (Å²) in [6.07, 6.45) is 5.53. The van der Waals surface area contributed by atoms with Crippen LogP contribution < -0.4 is 15.4 Å². The lowest BCUT2D eigenvalue weighted by atomic mass is 9.89. The Kier molecular flexibility index (Phi) is 6.00. The summed E-state index contributed by atoms with van der Waals surface area (Å²) in [4.78, 5) is 12.4. The molecule has 4 heteroatoms. The van der Waals surface area contributed by atoms with Gasteiger partial charge in [0.25, 0.3) is 0 Å². The maximum absolute atomic E-state index is 12.4. The average molecular weight is 344 g/mol. The van der Waals surface area contributed by atoms with Crippen LogP contribution in [0.1, 0.15) is 64.5 Å². The van der Waals surface area contributed by atoms with Crippen LogP contribution in [0.4, 0.5) is 0 Å². The zero-order chi connectivity index (χ0) is 17.8. The van der Waals surface area contributed by atoms with E-state index in [4.69, 9.17) is 4.74 Å². The molecule has 3 atom stereocenters. The Balaban J connectivity index is 1.46. The molecule has 0 saturated carbocycles. The third-order valence-corrected chi connectivity index (χ3v) is 5.39. The summed E-state index contributed by atoms with van der Waals surface area (Å²) in [5, 5.41) is 6.80. The van der Waals surface area contributed by atoms with E-state index in [-0.39, 0.29) is 11.9 Å². The summed E-state index contributed by atoms with van der Waals surface area (Å²) in [6, 6.07) is 9.40. The van der Waals surface area contributed by atoms with Crippen LogP contribution in [0.25, 0.3) is 0 Å². The zero-order valence-electron chi connectivity index (χ0n) is 15.8. The molecule has 4 nitrogen and oxygen atoms in total. The van der Waals surface area contributed by atoms with Gasteiger partial charge in [-0.05, 0) is 62.1 Å². The molecule has 3 unspecified atom stereocenters. The minimum Gasteiger partial charge on any atom is -0.493 e. The smallest absolute Gasteiger partial charge is 0.220 e. The molecule has 1 amide bonds. The van der Waals surface area contributed by atoms with Crippen molar-refractivity contribution in [3.05, 3.63) is 29.8 Å². The number of nitrogens with one attached hydrogen (secondary N) is 2. The van der Waals surface area contributed by atoms with Crippen LogP contribution in [-0.2, 0) is 4.79 Å². The third kappa shape index (κ3) is 5.21. The SMILES string of the molecule is CC(C)COc1ccc(C(C)NC(=O)CC2CC3CCC(C2)N3)cc1. The summed E-state index contributed by atoms with van der Waals surface area (Å²) in [5.74, 6) is 2.13. The zero-order valence-corrected chi connectivity index (χ0v) is 15.8. The quantitative estimate of drug-likeness (QED) is 0.790. The van der Waals surface area contributed by atoms with Gasteiger partial charge in [0.1, 0.15) is 5.75 Å². The molecular weight excluding hydrogens is 312 g/mol. The first kappa shape index (κ1) is 18.2. The number of piperidine rings is 1. The van der Waals surface area contributed by atoms with Gasteiger partial charge in [0.2, 0.25) is 5.91 Å². The molecule has 2 N–H and O–H groups in total. The molecule has 2 aliphatic heterocycles. The topological polar surface area (TPSA) is 50.4 Å². The predicted octanol–water partition coefficient (Wildman–Crippen LogP) is 3.82. The Hall–Kier alpha value is -1.55. The van der Waals surface area contributed by atoms with E-state index in [2.05, 4.69) is 24.5 Å². The first-order valence-electron chi connectivity index (χ1n) is 9.77. The van der Waals surface area contributed by atoms with Crippen molar-refractivity contribution in [2.75, 3.05) is 6.61 Å². The minimum atomic E-state index is 0.0325. The van der Waals surface area contributed by atoms with E-state index >= 15 is 0 Å². The van der Waals surface area contributed by atoms with Crippen molar-refractivity contribution >= 4 is 5.91 Å². The standard InChI is InChI=1S/C21H32N2O2/c1-14(2)13-25-20-8-4-17(5-9-20)15(3)22-21(24)12-16-10-18-6-7-19(11-16)23-18/h4-5,8-9,14-16,18-19,23H,6-7,10-13H2,1-3H3,(H,22,24). The Labute approximate surface area is 151 Å². The number of hydrogen-bond acceptors (Lipinski definition) is 3. The van der Waals surface area contributed by atoms with Gasteiger partial charge in [0, 0.05) is 18.5 Å². The van der Waals surface area contributed by atoms with Gasteiger partial charge < -0.3 is 15.4 Å². The number of ether oxygens (including phenoxy) is 1. The second-order valence-electron chi connectivity index (χ2n) is 8.24. The van der Waals surface area contributed by atoms with E-state index in [0.717, 1.165) is 30.8 Å². The molecule has 0 aliphatic carbocycles. The number of rotatable bonds is 7. The maximum atomic E-state index is 12.4. The van der Waals surface area contributed by atoms with Crippen LogP contribution in [-0.4, -0.2) is 24.6 Å². The van der Waals surface area contributed by atoms with Gasteiger partial charge in [-0.2, -0.15) is 0 Å². The van der Waals surface area contributed by atoms with Crippen LogP contribution in [0.3, 0.4) is 0 Å². The summed E-state index contributed by atoms with van der Waals surface area (Å²) in [7, 11) is 0. The van der Waals surface area contributed by atoms with Crippen LogP contribution in [0.15, 0.2) is 24.3 Å². The maximum Gasteiger partial charge on any atom is 0.220 e. The highest BCUT2D eigenvalue weighted by Crippen LogP contribution is 2.32. The highest BCUT2D eigenvalue weighted by atomic mass is 16.5.